The van der Waals surface area contributed by atoms with E-state index in [1.807, 2.05) is 0 Å². The predicted octanol–water partition coefficient (Wildman–Crippen LogP) is 0.115. The summed E-state index contributed by atoms with van der Waals surface area (Å²) in [5.41, 5.74) is 3.75. The smallest absolute Gasteiger partial charge is 0.106 e. The van der Waals surface area contributed by atoms with Crippen LogP contribution < -0.4 is 11.3 Å². The minimum absolute atomic E-state index is 0.605. The molecule has 0 spiro atoms. The molecule has 0 bridgehead atoms. The number of nitrogens with two attached hydrogens (primary N) is 1. The van der Waals surface area contributed by atoms with Gasteiger partial charge in [-0.15, -0.1) is 0 Å². The Labute approximate surface area is 64.5 Å². The van der Waals surface area contributed by atoms with Crippen LogP contribution in [-0.2, 0) is 0 Å². The number of hydrogen-bond acceptors (Lipinski definition) is 4. The Morgan fingerprint density at radius 2 is 2.55 bits per heavy atom. The van der Waals surface area contributed by atoms with Crippen LogP contribution in [0.5, 0.6) is 0 Å². The van der Waals surface area contributed by atoms with Gasteiger partial charge in [-0.3, -0.25) is 10.8 Å². The van der Waals surface area contributed by atoms with Gasteiger partial charge in [0, 0.05) is 6.08 Å². The Kier molecular flexibility index (Phi) is 2.38. The number of nitrogens with one attached hydrogen (secondary N) is 1. The van der Waals surface area contributed by atoms with E-state index in [1.165, 1.54) is 6.20 Å². The first-order valence-electron chi connectivity index (χ1n) is 3.01. The highest BCUT2D eigenvalue weighted by molar-refractivity contribution is 5.59. The van der Waals surface area contributed by atoms with E-state index >= 15 is 0 Å². The lowest BCUT2D eigenvalue weighted by Gasteiger charge is -2.02. The number of allylic oxidation sites excluding steroid dienone is 2. The second-order valence-corrected chi connectivity index (χ2v) is 1.82. The lowest BCUT2D eigenvalue weighted by Crippen LogP contribution is -2.21. The van der Waals surface area contributed by atoms with Crippen LogP contribution in [0.1, 0.15) is 0 Å². The molecule has 0 aromatic carbocycles. The van der Waals surface area contributed by atoms with Crippen molar-refractivity contribution >= 4 is 12.6 Å². The van der Waals surface area contributed by atoms with E-state index in [0.717, 1.165) is 0 Å². The average molecular weight is 148 g/mol. The standard InChI is InChI=1S/C7H8N4/c1-9-7-5-10-4-2-3-6(7)11-8/h2-3,5,11H,1,8H2. The molecule has 0 atom stereocenters. The molecule has 56 valence electrons. The molecule has 4 heteroatoms. The summed E-state index contributed by atoms with van der Waals surface area (Å²) in [5.74, 6) is 7.84. The highest BCUT2D eigenvalue weighted by Crippen LogP contribution is 2.07. The first-order chi connectivity index (χ1) is 5.38. The normalized spacial score (nSPS) is 15.0. The maximum Gasteiger partial charge on any atom is 0.106 e. The van der Waals surface area contributed by atoms with E-state index in [2.05, 4.69) is 28.0 Å². The van der Waals surface area contributed by atoms with Crippen molar-refractivity contribution in [2.75, 3.05) is 0 Å². The van der Waals surface area contributed by atoms with Gasteiger partial charge in [0.25, 0.3) is 0 Å². The molecule has 1 aliphatic heterocycles. The van der Waals surface area contributed by atoms with Crippen LogP contribution in [0.3, 0.4) is 0 Å². The molecule has 0 aromatic rings. The van der Waals surface area contributed by atoms with Crippen LogP contribution in [0.2, 0.25) is 0 Å². The van der Waals surface area contributed by atoms with E-state index in [0.29, 0.717) is 11.4 Å². The summed E-state index contributed by atoms with van der Waals surface area (Å²) in [4.78, 5) is 7.48. The monoisotopic (exact) mass is 148 g/mol. The summed E-state index contributed by atoms with van der Waals surface area (Å²) in [6.07, 6.45) is 4.89. The number of rotatable bonds is 2. The van der Waals surface area contributed by atoms with Crippen molar-refractivity contribution in [2.24, 2.45) is 15.8 Å². The van der Waals surface area contributed by atoms with Crippen molar-refractivity contribution in [3.8, 4) is 0 Å². The van der Waals surface area contributed by atoms with Gasteiger partial charge in [-0.25, -0.2) is 4.99 Å². The number of aliphatic imine (C=N–C) groups is 2. The predicted molar refractivity (Wildman–Crippen MR) is 45.0 cm³/mol. The minimum Gasteiger partial charge on any atom is -0.322 e. The van der Waals surface area contributed by atoms with Gasteiger partial charge in [0.2, 0.25) is 0 Å². The third-order valence-corrected chi connectivity index (χ3v) is 1.19. The second-order valence-electron chi connectivity index (χ2n) is 1.82. The van der Waals surface area contributed by atoms with Crippen molar-refractivity contribution < 1.29 is 0 Å². The van der Waals surface area contributed by atoms with E-state index in [4.69, 9.17) is 5.84 Å². The summed E-state index contributed by atoms with van der Waals surface area (Å²) in [5, 5.41) is 0. The van der Waals surface area contributed by atoms with Crippen molar-refractivity contribution in [3.63, 3.8) is 0 Å². The first-order valence-corrected chi connectivity index (χ1v) is 3.01. The zero-order chi connectivity index (χ0) is 8.10. The van der Waals surface area contributed by atoms with Crippen LogP contribution >= 0.6 is 0 Å². The highest BCUT2D eigenvalue weighted by atomic mass is 15.2. The van der Waals surface area contributed by atoms with Gasteiger partial charge in [0.1, 0.15) is 5.70 Å². The highest BCUT2D eigenvalue weighted by Gasteiger charge is 1.99. The molecule has 11 heavy (non-hydrogen) atoms. The molecule has 1 rings (SSSR count). The largest absolute Gasteiger partial charge is 0.322 e. The molecule has 0 amide bonds. The minimum atomic E-state index is 0.605. The summed E-state index contributed by atoms with van der Waals surface area (Å²) >= 11 is 0. The van der Waals surface area contributed by atoms with Crippen molar-refractivity contribution in [1.82, 2.24) is 5.43 Å². The third-order valence-electron chi connectivity index (χ3n) is 1.19. The molecule has 0 unspecified atom stereocenters. The fourth-order valence-corrected chi connectivity index (χ4v) is 0.665. The van der Waals surface area contributed by atoms with Crippen molar-refractivity contribution in [3.05, 3.63) is 29.7 Å². The van der Waals surface area contributed by atoms with E-state index in [1.54, 1.807) is 12.2 Å². The SMILES string of the molecule is C=NC1=CN=C=CC=C1NN. The Morgan fingerprint density at radius 3 is 3.18 bits per heavy atom. The quantitative estimate of drug-likeness (QED) is 0.332. The number of hydrazine groups is 1. The van der Waals surface area contributed by atoms with Gasteiger partial charge in [-0.1, -0.05) is 0 Å². The summed E-state index contributed by atoms with van der Waals surface area (Å²) in [6.45, 7) is 3.37. The van der Waals surface area contributed by atoms with Crippen LogP contribution in [0.4, 0.5) is 0 Å². The van der Waals surface area contributed by atoms with Crippen LogP contribution in [0.25, 0.3) is 0 Å². The van der Waals surface area contributed by atoms with Gasteiger partial charge < -0.3 is 5.43 Å². The lowest BCUT2D eigenvalue weighted by atomic mass is 10.3. The van der Waals surface area contributed by atoms with Crippen LogP contribution in [-0.4, -0.2) is 12.6 Å². The molecule has 1 heterocycles. The molecule has 0 fully saturated rings. The Hall–Kier alpha value is -1.64. The fourth-order valence-electron chi connectivity index (χ4n) is 0.665. The third kappa shape index (κ3) is 1.64. The lowest BCUT2D eigenvalue weighted by molar-refractivity contribution is 0.890. The molecule has 1 aliphatic rings. The Bertz CT molecular complexity index is 279. The average Bonchev–Trinajstić information content (AvgIpc) is 2.27. The second kappa shape index (κ2) is 3.51. The zero-order valence-corrected chi connectivity index (χ0v) is 5.91. The Morgan fingerprint density at radius 1 is 1.73 bits per heavy atom. The van der Waals surface area contributed by atoms with E-state index in [-0.39, 0.29) is 0 Å². The summed E-state index contributed by atoms with van der Waals surface area (Å²) < 4.78 is 0. The molecule has 0 aromatic heterocycles. The van der Waals surface area contributed by atoms with Gasteiger partial charge in [-0.2, -0.15) is 0 Å². The Balaban J connectivity index is 3.00. The summed E-state index contributed by atoms with van der Waals surface area (Å²) in [7, 11) is 0. The van der Waals surface area contributed by atoms with Gasteiger partial charge >= 0.3 is 0 Å². The van der Waals surface area contributed by atoms with Crippen LogP contribution in [0.15, 0.2) is 39.7 Å². The van der Waals surface area contributed by atoms with Crippen molar-refractivity contribution in [1.29, 1.82) is 0 Å². The van der Waals surface area contributed by atoms with Gasteiger partial charge in [0.15, 0.2) is 0 Å². The van der Waals surface area contributed by atoms with Crippen LogP contribution in [0, 0.1) is 0 Å². The zero-order valence-electron chi connectivity index (χ0n) is 5.91. The van der Waals surface area contributed by atoms with E-state index < -0.39 is 0 Å². The molecule has 0 aliphatic carbocycles. The molecular weight excluding hydrogens is 140 g/mol. The molecular formula is C7H8N4. The molecule has 3 N–H and O–H groups in total. The molecule has 0 saturated heterocycles. The van der Waals surface area contributed by atoms with Crippen molar-refractivity contribution in [2.45, 2.75) is 0 Å². The molecule has 0 saturated carbocycles. The van der Waals surface area contributed by atoms with Gasteiger partial charge in [0.05, 0.1) is 11.9 Å². The fraction of sp³-hybridized carbons (Fsp3) is 0. The number of nitrogens with zero attached hydrogens (tertiary/aromatic N) is 2. The number of hydrogen-bond donors (Lipinski definition) is 2. The maximum atomic E-state index is 5.20. The summed E-state index contributed by atoms with van der Waals surface area (Å²) in [6, 6.07) is 0. The topological polar surface area (TPSA) is 62.8 Å². The first kappa shape index (κ1) is 7.47. The maximum absolute atomic E-state index is 5.20. The van der Waals surface area contributed by atoms with Gasteiger partial charge in [-0.05, 0) is 18.7 Å². The molecule has 0 radical (unpaired) electrons. The molecule has 4 nitrogen and oxygen atoms in total. The van der Waals surface area contributed by atoms with E-state index in [9.17, 15) is 0 Å².